The highest BCUT2D eigenvalue weighted by Crippen LogP contribution is 2.18. The molecule has 0 amide bonds. The number of unbranched alkanes of at least 4 members (excludes halogenated alkanes) is 24. The molecule has 0 aliphatic heterocycles. The van der Waals surface area contributed by atoms with Crippen LogP contribution in [0.3, 0.4) is 0 Å². The van der Waals surface area contributed by atoms with E-state index in [2.05, 4.69) is 73.9 Å². The lowest BCUT2D eigenvalue weighted by molar-refractivity contribution is 0.545. The molecular weight excluding hydrogens is 504 g/mol. The molecule has 0 saturated carbocycles. The molecule has 0 spiro atoms. The second-order valence-corrected chi connectivity index (χ2v) is 12.7. The van der Waals surface area contributed by atoms with Gasteiger partial charge in [-0.15, -0.1) is 0 Å². The first-order valence-electron chi connectivity index (χ1n) is 18.3. The summed E-state index contributed by atoms with van der Waals surface area (Å²) < 4.78 is 0. The Bertz CT molecular complexity index is 951. The number of hydrogen-bond acceptors (Lipinski definition) is 0. The molecule has 0 heteroatoms. The highest BCUT2D eigenvalue weighted by molar-refractivity contribution is 5.85. The van der Waals surface area contributed by atoms with Crippen molar-refractivity contribution in [2.75, 3.05) is 0 Å². The molecule has 0 bridgehead atoms. The number of benzene rings is 2. The van der Waals surface area contributed by atoms with Gasteiger partial charge in [0.2, 0.25) is 0 Å². The van der Waals surface area contributed by atoms with Crippen LogP contribution in [0.15, 0.2) is 36.4 Å². The highest BCUT2D eigenvalue weighted by atomic mass is 14.0. The van der Waals surface area contributed by atoms with Crippen LogP contribution >= 0.6 is 0 Å². The van der Waals surface area contributed by atoms with Crippen molar-refractivity contribution in [1.82, 2.24) is 0 Å². The van der Waals surface area contributed by atoms with Crippen molar-refractivity contribution >= 4 is 10.8 Å². The van der Waals surface area contributed by atoms with E-state index in [1.54, 1.807) is 0 Å². The molecule has 2 aromatic carbocycles. The molecule has 0 N–H and O–H groups in total. The van der Waals surface area contributed by atoms with Crippen molar-refractivity contribution in [3.05, 3.63) is 47.5 Å². The minimum absolute atomic E-state index is 1.02. The Kier molecular flexibility index (Phi) is 22.7. The lowest BCUT2D eigenvalue weighted by Gasteiger charge is -2.02. The van der Waals surface area contributed by atoms with Crippen molar-refractivity contribution in [2.45, 2.75) is 181 Å². The fourth-order valence-corrected chi connectivity index (χ4v) is 5.84. The summed E-state index contributed by atoms with van der Waals surface area (Å²) in [4.78, 5) is 0. The average molecular weight is 569 g/mol. The van der Waals surface area contributed by atoms with Gasteiger partial charge in [-0.25, -0.2) is 0 Å². The Labute approximate surface area is 262 Å². The van der Waals surface area contributed by atoms with Crippen LogP contribution in [0.25, 0.3) is 10.8 Å². The standard InChI is InChI=1S/C42H64/c1-3-5-7-9-11-13-15-17-19-21-23-25-27-29-31-39-33-35-42-38-40(34-36-41(42)37-39)32-30-28-26-24-22-20-18-16-14-12-10-8-6-4-2/h33-38H,3-28H2,1-2H3. The third kappa shape index (κ3) is 19.1. The Morgan fingerprint density at radius 3 is 0.952 bits per heavy atom. The van der Waals surface area contributed by atoms with Gasteiger partial charge < -0.3 is 0 Å². The van der Waals surface area contributed by atoms with Crippen LogP contribution in [0.1, 0.15) is 192 Å². The zero-order valence-corrected chi connectivity index (χ0v) is 27.8. The first-order valence-corrected chi connectivity index (χ1v) is 18.3. The summed E-state index contributed by atoms with van der Waals surface area (Å²) in [6.07, 6.45) is 35.5. The van der Waals surface area contributed by atoms with Crippen LogP contribution in [0, 0.1) is 23.7 Å². The molecule has 2 rings (SSSR count). The van der Waals surface area contributed by atoms with E-state index >= 15 is 0 Å². The quantitative estimate of drug-likeness (QED) is 0.0872. The van der Waals surface area contributed by atoms with Gasteiger partial charge in [0.1, 0.15) is 0 Å². The maximum absolute atomic E-state index is 3.41. The van der Waals surface area contributed by atoms with Gasteiger partial charge in [0.15, 0.2) is 0 Å². The van der Waals surface area contributed by atoms with Crippen LogP contribution in [-0.2, 0) is 0 Å². The lowest BCUT2D eigenvalue weighted by atomic mass is 10.0. The SMILES string of the molecule is CCCCCCCCCCCCCCC#Cc1ccc2cc(C#CCCCCCCCCCCCCCC)ccc2c1. The molecule has 232 valence electrons. The average Bonchev–Trinajstić information content (AvgIpc) is 3.01. The molecule has 0 radical (unpaired) electrons. The van der Waals surface area contributed by atoms with Gasteiger partial charge in [0.05, 0.1) is 0 Å². The van der Waals surface area contributed by atoms with Gasteiger partial charge in [0, 0.05) is 24.0 Å². The summed E-state index contributed by atoms with van der Waals surface area (Å²) in [6, 6.07) is 13.2. The zero-order valence-electron chi connectivity index (χ0n) is 27.8. The topological polar surface area (TPSA) is 0 Å². The molecule has 0 aliphatic carbocycles. The van der Waals surface area contributed by atoms with E-state index in [4.69, 9.17) is 0 Å². The third-order valence-electron chi connectivity index (χ3n) is 8.62. The van der Waals surface area contributed by atoms with Crippen LogP contribution in [0.4, 0.5) is 0 Å². The minimum Gasteiger partial charge on any atom is -0.0979 e. The normalized spacial score (nSPS) is 10.8. The van der Waals surface area contributed by atoms with Crippen molar-refractivity contribution in [1.29, 1.82) is 0 Å². The predicted octanol–water partition coefficient (Wildman–Crippen LogP) is 13.7. The molecule has 0 fully saturated rings. The number of hydrogen-bond donors (Lipinski definition) is 0. The Morgan fingerprint density at radius 2 is 0.643 bits per heavy atom. The fraction of sp³-hybridized carbons (Fsp3) is 0.667. The van der Waals surface area contributed by atoms with E-state index < -0.39 is 0 Å². The monoisotopic (exact) mass is 569 g/mol. The van der Waals surface area contributed by atoms with E-state index in [0.717, 1.165) is 24.0 Å². The van der Waals surface area contributed by atoms with Gasteiger partial charge >= 0.3 is 0 Å². The van der Waals surface area contributed by atoms with E-state index in [9.17, 15) is 0 Å². The number of rotatable bonds is 24. The molecule has 0 aliphatic rings. The van der Waals surface area contributed by atoms with Crippen molar-refractivity contribution in [3.63, 3.8) is 0 Å². The summed E-state index contributed by atoms with van der Waals surface area (Å²) in [6.45, 7) is 4.59. The summed E-state index contributed by atoms with van der Waals surface area (Å²) in [5.41, 5.74) is 2.26. The highest BCUT2D eigenvalue weighted by Gasteiger charge is 1.98. The van der Waals surface area contributed by atoms with Crippen molar-refractivity contribution in [3.8, 4) is 23.7 Å². The zero-order chi connectivity index (χ0) is 29.8. The first kappa shape index (κ1) is 36.0. The third-order valence-corrected chi connectivity index (χ3v) is 8.62. The summed E-state index contributed by atoms with van der Waals surface area (Å²) in [5, 5.41) is 2.53. The largest absolute Gasteiger partial charge is 0.0979 e. The first-order chi connectivity index (χ1) is 20.8. The molecule has 0 unspecified atom stereocenters. The number of fused-ring (bicyclic) bond motifs is 1. The van der Waals surface area contributed by atoms with Gasteiger partial charge in [0.25, 0.3) is 0 Å². The van der Waals surface area contributed by atoms with Crippen LogP contribution in [-0.4, -0.2) is 0 Å². The summed E-state index contributed by atoms with van der Waals surface area (Å²) in [7, 11) is 0. The van der Waals surface area contributed by atoms with Crippen molar-refractivity contribution in [2.24, 2.45) is 0 Å². The molecule has 0 heterocycles. The van der Waals surface area contributed by atoms with Gasteiger partial charge in [-0.3, -0.25) is 0 Å². The summed E-state index contributed by atoms with van der Waals surface area (Å²) in [5.74, 6) is 13.6. The molecule has 42 heavy (non-hydrogen) atoms. The molecule has 0 atom stereocenters. The molecule has 0 aromatic heterocycles. The van der Waals surface area contributed by atoms with Gasteiger partial charge in [-0.05, 0) is 47.9 Å². The molecular formula is C42H64. The van der Waals surface area contributed by atoms with Crippen LogP contribution in [0.5, 0.6) is 0 Å². The Balaban J connectivity index is 1.52. The second kappa shape index (κ2) is 26.4. The van der Waals surface area contributed by atoms with E-state index in [1.165, 1.54) is 165 Å². The Hall–Kier alpha value is -2.18. The predicted molar refractivity (Wildman–Crippen MR) is 189 cm³/mol. The second-order valence-electron chi connectivity index (χ2n) is 12.7. The van der Waals surface area contributed by atoms with E-state index in [-0.39, 0.29) is 0 Å². The maximum Gasteiger partial charge on any atom is 0.0251 e. The molecule has 0 saturated heterocycles. The van der Waals surface area contributed by atoms with Crippen LogP contribution < -0.4 is 0 Å². The summed E-state index contributed by atoms with van der Waals surface area (Å²) >= 11 is 0. The fourth-order valence-electron chi connectivity index (χ4n) is 5.84. The van der Waals surface area contributed by atoms with Gasteiger partial charge in [-0.2, -0.15) is 0 Å². The van der Waals surface area contributed by atoms with Gasteiger partial charge in [-0.1, -0.05) is 191 Å². The van der Waals surface area contributed by atoms with Crippen LogP contribution in [0.2, 0.25) is 0 Å². The smallest absolute Gasteiger partial charge is 0.0251 e. The lowest BCUT2D eigenvalue weighted by Crippen LogP contribution is -1.83. The Morgan fingerprint density at radius 1 is 0.357 bits per heavy atom. The minimum atomic E-state index is 1.02. The molecule has 2 aromatic rings. The van der Waals surface area contributed by atoms with E-state index in [1.807, 2.05) is 0 Å². The van der Waals surface area contributed by atoms with Crippen molar-refractivity contribution < 1.29 is 0 Å². The van der Waals surface area contributed by atoms with E-state index in [0.29, 0.717) is 0 Å². The maximum atomic E-state index is 3.41. The molecule has 0 nitrogen and oxygen atoms in total.